The van der Waals surface area contributed by atoms with Gasteiger partial charge in [-0.05, 0) is 18.9 Å². The molecule has 0 heterocycles. The Hall–Kier alpha value is -1.51. The predicted octanol–water partition coefficient (Wildman–Crippen LogP) is 2.68. The molecule has 0 aliphatic heterocycles. The average molecular weight is 254 g/mol. The number of aliphatic imine (C=N–C) groups is 1. The Bertz CT molecular complexity index is 491. The molecule has 1 fully saturated rings. The van der Waals surface area contributed by atoms with E-state index in [0.29, 0.717) is 16.5 Å². The van der Waals surface area contributed by atoms with Gasteiger partial charge in [-0.25, -0.2) is 4.79 Å². The largest absolute Gasteiger partial charge is 0.496 e. The van der Waals surface area contributed by atoms with Crippen molar-refractivity contribution in [3.05, 3.63) is 22.7 Å². The van der Waals surface area contributed by atoms with Crippen LogP contribution in [0.3, 0.4) is 0 Å². The summed E-state index contributed by atoms with van der Waals surface area (Å²) in [5.74, 6) is 1.17. The van der Waals surface area contributed by atoms with Crippen LogP contribution >= 0.6 is 11.6 Å². The quantitative estimate of drug-likeness (QED) is 0.612. The van der Waals surface area contributed by atoms with E-state index in [0.717, 1.165) is 18.4 Å². The summed E-state index contributed by atoms with van der Waals surface area (Å²) in [6, 6.07) is 3.45. The Labute approximate surface area is 104 Å². The van der Waals surface area contributed by atoms with Gasteiger partial charge in [0.05, 0.1) is 19.2 Å². The van der Waals surface area contributed by atoms with E-state index in [1.807, 2.05) is 0 Å². The minimum atomic E-state index is -0.495. The van der Waals surface area contributed by atoms with Crippen LogP contribution in [0.1, 0.15) is 18.4 Å². The van der Waals surface area contributed by atoms with Crippen LogP contribution in [0.5, 0.6) is 11.5 Å². The Kier molecular flexibility index (Phi) is 3.09. The van der Waals surface area contributed by atoms with E-state index < -0.39 is 5.54 Å². The number of nitrogens with zero attached hydrogens (tertiary/aromatic N) is 1. The Balaban J connectivity index is 2.55. The Morgan fingerprint density at radius 1 is 1.29 bits per heavy atom. The van der Waals surface area contributed by atoms with Crippen LogP contribution in [-0.4, -0.2) is 20.3 Å². The fraction of sp³-hybridized carbons (Fsp3) is 0.417. The second-order valence-corrected chi connectivity index (χ2v) is 4.33. The maximum absolute atomic E-state index is 10.5. The maximum Gasteiger partial charge on any atom is 0.235 e. The van der Waals surface area contributed by atoms with Crippen LogP contribution < -0.4 is 9.47 Å². The number of rotatable bonds is 4. The van der Waals surface area contributed by atoms with Crippen molar-refractivity contribution in [1.29, 1.82) is 0 Å². The number of isocyanates is 1. The first kappa shape index (κ1) is 12.0. The topological polar surface area (TPSA) is 47.9 Å². The maximum atomic E-state index is 10.5. The molecule has 17 heavy (non-hydrogen) atoms. The second-order valence-electron chi connectivity index (χ2n) is 3.92. The number of hydrogen-bond acceptors (Lipinski definition) is 4. The molecule has 0 unspecified atom stereocenters. The average Bonchev–Trinajstić information content (AvgIpc) is 3.10. The molecule has 1 saturated carbocycles. The smallest absolute Gasteiger partial charge is 0.235 e. The van der Waals surface area contributed by atoms with Crippen LogP contribution in [0, 0.1) is 0 Å². The summed E-state index contributed by atoms with van der Waals surface area (Å²) in [6.45, 7) is 0. The number of ether oxygens (including phenoxy) is 2. The van der Waals surface area contributed by atoms with E-state index in [1.165, 1.54) is 0 Å². The van der Waals surface area contributed by atoms with Crippen molar-refractivity contribution in [2.24, 2.45) is 4.99 Å². The van der Waals surface area contributed by atoms with Gasteiger partial charge in [0.15, 0.2) is 0 Å². The lowest BCUT2D eigenvalue weighted by Crippen LogP contribution is -2.06. The van der Waals surface area contributed by atoms with Gasteiger partial charge in [-0.15, -0.1) is 0 Å². The van der Waals surface area contributed by atoms with Gasteiger partial charge in [0.2, 0.25) is 6.08 Å². The first-order chi connectivity index (χ1) is 8.16. The normalized spacial score (nSPS) is 15.9. The number of hydrogen-bond donors (Lipinski definition) is 0. The van der Waals surface area contributed by atoms with Crippen molar-refractivity contribution in [3.8, 4) is 11.5 Å². The highest BCUT2D eigenvalue weighted by Crippen LogP contribution is 2.53. The SMILES string of the molecule is COc1cc(C2(N=C=O)CC2)c(OC)cc1Cl. The van der Waals surface area contributed by atoms with E-state index in [2.05, 4.69) is 4.99 Å². The molecular weight excluding hydrogens is 242 g/mol. The minimum absolute atomic E-state index is 0.471. The minimum Gasteiger partial charge on any atom is -0.496 e. The highest BCUT2D eigenvalue weighted by Gasteiger charge is 2.47. The molecule has 0 saturated heterocycles. The monoisotopic (exact) mass is 253 g/mol. The molecule has 1 aromatic rings. The van der Waals surface area contributed by atoms with Crippen LogP contribution in [0.4, 0.5) is 0 Å². The van der Waals surface area contributed by atoms with Gasteiger partial charge in [-0.2, -0.15) is 4.99 Å². The van der Waals surface area contributed by atoms with Crippen molar-refractivity contribution < 1.29 is 14.3 Å². The van der Waals surface area contributed by atoms with E-state index in [1.54, 1.807) is 32.4 Å². The van der Waals surface area contributed by atoms with E-state index in [4.69, 9.17) is 21.1 Å². The number of halogens is 1. The molecule has 0 spiro atoms. The van der Waals surface area contributed by atoms with Crippen molar-refractivity contribution in [2.45, 2.75) is 18.4 Å². The summed E-state index contributed by atoms with van der Waals surface area (Å²) >= 11 is 6.01. The van der Waals surface area contributed by atoms with Gasteiger partial charge in [0, 0.05) is 11.6 Å². The highest BCUT2D eigenvalue weighted by molar-refractivity contribution is 6.32. The van der Waals surface area contributed by atoms with E-state index in [9.17, 15) is 4.79 Å². The summed E-state index contributed by atoms with van der Waals surface area (Å²) in [5, 5.41) is 0.471. The van der Waals surface area contributed by atoms with E-state index in [-0.39, 0.29) is 0 Å². The molecule has 0 N–H and O–H groups in total. The third kappa shape index (κ3) is 2.02. The van der Waals surface area contributed by atoms with Gasteiger partial charge < -0.3 is 9.47 Å². The van der Waals surface area contributed by atoms with Crippen molar-refractivity contribution in [3.63, 3.8) is 0 Å². The van der Waals surface area contributed by atoms with Gasteiger partial charge in [0.1, 0.15) is 17.0 Å². The molecular formula is C12H12ClNO3. The van der Waals surface area contributed by atoms with Crippen LogP contribution in [0.15, 0.2) is 17.1 Å². The fourth-order valence-corrected chi connectivity index (χ4v) is 2.10. The first-order valence-electron chi connectivity index (χ1n) is 5.18. The van der Waals surface area contributed by atoms with Gasteiger partial charge >= 0.3 is 0 Å². The molecule has 90 valence electrons. The third-order valence-corrected chi connectivity index (χ3v) is 3.25. The summed E-state index contributed by atoms with van der Waals surface area (Å²) in [6.07, 6.45) is 3.24. The predicted molar refractivity (Wildman–Crippen MR) is 63.6 cm³/mol. The van der Waals surface area contributed by atoms with Gasteiger partial charge in [-0.3, -0.25) is 0 Å². The summed E-state index contributed by atoms with van der Waals surface area (Å²) in [5.41, 5.74) is 0.329. The van der Waals surface area contributed by atoms with Crippen LogP contribution in [0.2, 0.25) is 5.02 Å². The molecule has 0 bridgehead atoms. The summed E-state index contributed by atoms with van der Waals surface area (Å²) in [4.78, 5) is 14.3. The van der Waals surface area contributed by atoms with Gasteiger partial charge in [-0.1, -0.05) is 11.6 Å². The lowest BCUT2D eigenvalue weighted by Gasteiger charge is -2.15. The molecule has 1 aliphatic rings. The van der Waals surface area contributed by atoms with Crippen LogP contribution in [-0.2, 0) is 10.3 Å². The third-order valence-electron chi connectivity index (χ3n) is 2.96. The molecule has 2 rings (SSSR count). The Morgan fingerprint density at radius 3 is 2.41 bits per heavy atom. The summed E-state index contributed by atoms with van der Waals surface area (Å²) < 4.78 is 10.4. The zero-order chi connectivity index (χ0) is 12.5. The van der Waals surface area contributed by atoms with Crippen LogP contribution in [0.25, 0.3) is 0 Å². The first-order valence-corrected chi connectivity index (χ1v) is 5.55. The fourth-order valence-electron chi connectivity index (χ4n) is 1.87. The molecule has 0 radical (unpaired) electrons. The molecule has 0 aromatic heterocycles. The lowest BCUT2D eigenvalue weighted by atomic mass is 10.0. The molecule has 1 aromatic carbocycles. The number of methoxy groups -OCH3 is 2. The highest BCUT2D eigenvalue weighted by atomic mass is 35.5. The molecule has 0 amide bonds. The molecule has 5 heteroatoms. The second kappa shape index (κ2) is 4.40. The zero-order valence-electron chi connectivity index (χ0n) is 9.62. The molecule has 0 atom stereocenters. The molecule has 4 nitrogen and oxygen atoms in total. The number of benzene rings is 1. The van der Waals surface area contributed by atoms with Crippen molar-refractivity contribution >= 4 is 17.7 Å². The molecule has 1 aliphatic carbocycles. The van der Waals surface area contributed by atoms with Gasteiger partial charge in [0.25, 0.3) is 0 Å². The zero-order valence-corrected chi connectivity index (χ0v) is 10.4. The van der Waals surface area contributed by atoms with Crippen molar-refractivity contribution in [2.75, 3.05) is 14.2 Å². The number of carbonyl (C=O) groups excluding carboxylic acids is 1. The Morgan fingerprint density at radius 2 is 1.94 bits per heavy atom. The standard InChI is InChI=1S/C12H12ClNO3/c1-16-10-6-9(13)11(17-2)5-8(10)12(3-4-12)14-7-15/h5-6H,3-4H2,1-2H3. The summed E-state index contributed by atoms with van der Waals surface area (Å²) in [7, 11) is 3.10. The lowest BCUT2D eigenvalue weighted by molar-refractivity contribution is 0.394. The van der Waals surface area contributed by atoms with Crippen molar-refractivity contribution in [1.82, 2.24) is 0 Å². The van der Waals surface area contributed by atoms with E-state index >= 15 is 0 Å².